The molecule has 0 aliphatic carbocycles. The molecule has 3 aromatic carbocycles. The van der Waals surface area contributed by atoms with E-state index in [-0.39, 0.29) is 9.80 Å². The molecule has 35 heavy (non-hydrogen) atoms. The molecule has 6 nitrogen and oxygen atoms in total. The molecular formula is C28H25N3O3S. The Balaban J connectivity index is 1.86. The number of aromatic nitrogens is 2. The molecule has 0 saturated heterocycles. The Morgan fingerprint density at radius 2 is 1.74 bits per heavy atom. The summed E-state index contributed by atoms with van der Waals surface area (Å²) in [6, 6.07) is 25.1. The first-order chi connectivity index (χ1) is 16.9. The van der Waals surface area contributed by atoms with Crippen LogP contribution in [0.1, 0.15) is 24.5 Å². The summed E-state index contributed by atoms with van der Waals surface area (Å²) in [5, 5.41) is 14.5. The first-order valence-corrected chi connectivity index (χ1v) is 12.7. The van der Waals surface area contributed by atoms with Gasteiger partial charge in [-0.2, -0.15) is 10.4 Å². The van der Waals surface area contributed by atoms with E-state index >= 15 is 0 Å². The highest BCUT2D eigenvalue weighted by atomic mass is 32.2. The first-order valence-electron chi connectivity index (χ1n) is 11.2. The fraction of sp³-hybridized carbons (Fsp3) is 0.143. The number of para-hydroxylation sites is 1. The van der Waals surface area contributed by atoms with E-state index in [0.29, 0.717) is 17.9 Å². The zero-order valence-electron chi connectivity index (χ0n) is 19.5. The smallest absolute Gasteiger partial charge is 0.216 e. The van der Waals surface area contributed by atoms with Gasteiger partial charge in [0.15, 0.2) is 0 Å². The van der Waals surface area contributed by atoms with Gasteiger partial charge in [0.2, 0.25) is 9.84 Å². The Hall–Kier alpha value is -4.15. The average molecular weight is 484 g/mol. The van der Waals surface area contributed by atoms with Crippen molar-refractivity contribution < 1.29 is 13.2 Å². The molecule has 0 unspecified atom stereocenters. The maximum atomic E-state index is 13.2. The van der Waals surface area contributed by atoms with Crippen molar-refractivity contribution in [2.75, 3.05) is 6.61 Å². The van der Waals surface area contributed by atoms with Crippen molar-refractivity contribution in [3.63, 3.8) is 0 Å². The largest absolute Gasteiger partial charge is 0.493 e. The highest BCUT2D eigenvalue weighted by molar-refractivity contribution is 7.95. The molecule has 0 aliphatic rings. The molecule has 4 aromatic rings. The van der Waals surface area contributed by atoms with E-state index in [1.807, 2.05) is 61.5 Å². The van der Waals surface area contributed by atoms with Crippen LogP contribution >= 0.6 is 0 Å². The van der Waals surface area contributed by atoms with Crippen LogP contribution in [-0.2, 0) is 9.84 Å². The third-order valence-electron chi connectivity index (χ3n) is 5.41. The van der Waals surface area contributed by atoms with Crippen LogP contribution in [0.5, 0.6) is 5.75 Å². The van der Waals surface area contributed by atoms with Gasteiger partial charge in [-0.1, -0.05) is 43.3 Å². The van der Waals surface area contributed by atoms with Gasteiger partial charge in [-0.15, -0.1) is 0 Å². The lowest BCUT2D eigenvalue weighted by Gasteiger charge is -2.09. The highest BCUT2D eigenvalue weighted by Gasteiger charge is 2.22. The number of hydrogen-bond acceptors (Lipinski definition) is 5. The number of aryl methyl sites for hydroxylation is 1. The van der Waals surface area contributed by atoms with Gasteiger partial charge >= 0.3 is 0 Å². The van der Waals surface area contributed by atoms with Crippen LogP contribution in [0, 0.1) is 18.3 Å². The molecule has 0 N–H and O–H groups in total. The van der Waals surface area contributed by atoms with E-state index in [0.717, 1.165) is 29.0 Å². The van der Waals surface area contributed by atoms with Crippen molar-refractivity contribution in [2.24, 2.45) is 0 Å². The van der Waals surface area contributed by atoms with Gasteiger partial charge in [0.25, 0.3) is 0 Å². The van der Waals surface area contributed by atoms with Crippen molar-refractivity contribution in [2.45, 2.75) is 25.2 Å². The second-order valence-corrected chi connectivity index (χ2v) is 9.90. The quantitative estimate of drug-likeness (QED) is 0.288. The number of nitriles is 1. The molecule has 0 amide bonds. The molecule has 0 aliphatic heterocycles. The summed E-state index contributed by atoms with van der Waals surface area (Å²) in [7, 11) is -3.99. The second-order valence-electron chi connectivity index (χ2n) is 7.98. The third kappa shape index (κ3) is 5.18. The first kappa shape index (κ1) is 24.0. The van der Waals surface area contributed by atoms with Crippen molar-refractivity contribution in [1.82, 2.24) is 9.78 Å². The van der Waals surface area contributed by atoms with Crippen LogP contribution in [0.25, 0.3) is 23.0 Å². The molecule has 0 atom stereocenters. The van der Waals surface area contributed by atoms with E-state index < -0.39 is 9.84 Å². The van der Waals surface area contributed by atoms with Gasteiger partial charge in [0.1, 0.15) is 22.4 Å². The van der Waals surface area contributed by atoms with Crippen molar-refractivity contribution >= 4 is 15.9 Å². The summed E-state index contributed by atoms with van der Waals surface area (Å²) in [5.41, 5.74) is 3.64. The minimum Gasteiger partial charge on any atom is -0.493 e. The summed E-state index contributed by atoms with van der Waals surface area (Å²) < 4.78 is 33.8. The maximum Gasteiger partial charge on any atom is 0.216 e. The molecule has 1 heterocycles. The van der Waals surface area contributed by atoms with E-state index in [4.69, 9.17) is 9.84 Å². The number of sulfone groups is 1. The minimum atomic E-state index is -3.99. The van der Waals surface area contributed by atoms with Crippen LogP contribution < -0.4 is 4.74 Å². The van der Waals surface area contributed by atoms with Gasteiger partial charge in [0, 0.05) is 17.3 Å². The summed E-state index contributed by atoms with van der Waals surface area (Å²) in [6.07, 6.45) is 4.03. The third-order valence-corrected chi connectivity index (χ3v) is 7.09. The number of rotatable bonds is 8. The SMILES string of the molecule is CCCOc1ccc(-c2nn(-c3ccccc3)cc2C=C(C#N)S(=O)(=O)c2ccccc2)cc1C. The molecule has 7 heteroatoms. The molecular weight excluding hydrogens is 458 g/mol. The minimum absolute atomic E-state index is 0.0677. The summed E-state index contributed by atoms with van der Waals surface area (Å²) >= 11 is 0. The van der Waals surface area contributed by atoms with Crippen LogP contribution in [0.15, 0.2) is 94.9 Å². The number of nitrogens with zero attached hydrogens (tertiary/aromatic N) is 3. The lowest BCUT2D eigenvalue weighted by molar-refractivity contribution is 0.315. The molecule has 0 saturated carbocycles. The monoisotopic (exact) mass is 483 g/mol. The molecule has 0 bridgehead atoms. The normalized spacial score (nSPS) is 11.7. The number of allylic oxidation sites excluding steroid dienone is 1. The maximum absolute atomic E-state index is 13.2. The summed E-state index contributed by atoms with van der Waals surface area (Å²) in [6.45, 7) is 4.63. The molecule has 0 fully saturated rings. The number of ether oxygens (including phenoxy) is 1. The molecule has 176 valence electrons. The number of hydrogen-bond donors (Lipinski definition) is 0. The van der Waals surface area contributed by atoms with Crippen LogP contribution in [0.4, 0.5) is 0 Å². The van der Waals surface area contributed by atoms with Crippen LogP contribution in [-0.4, -0.2) is 24.8 Å². The summed E-state index contributed by atoms with van der Waals surface area (Å²) in [4.78, 5) is -0.282. The van der Waals surface area contributed by atoms with E-state index in [9.17, 15) is 13.7 Å². The van der Waals surface area contributed by atoms with Gasteiger partial charge in [-0.3, -0.25) is 0 Å². The van der Waals surface area contributed by atoms with Gasteiger partial charge in [-0.25, -0.2) is 13.1 Å². The summed E-state index contributed by atoms with van der Waals surface area (Å²) in [5.74, 6) is 0.791. The van der Waals surface area contributed by atoms with E-state index in [1.165, 1.54) is 18.2 Å². The van der Waals surface area contributed by atoms with Crippen LogP contribution in [0.3, 0.4) is 0 Å². The van der Waals surface area contributed by atoms with Gasteiger partial charge in [-0.05, 0) is 67.4 Å². The topological polar surface area (TPSA) is 85.0 Å². The predicted octanol–water partition coefficient (Wildman–Crippen LogP) is 5.97. The second kappa shape index (κ2) is 10.4. The van der Waals surface area contributed by atoms with Crippen molar-refractivity contribution in [3.05, 3.63) is 101 Å². The molecule has 0 radical (unpaired) electrons. The van der Waals surface area contributed by atoms with Gasteiger partial charge < -0.3 is 4.74 Å². The Bertz CT molecular complexity index is 1500. The predicted molar refractivity (Wildman–Crippen MR) is 137 cm³/mol. The molecule has 4 rings (SSSR count). The van der Waals surface area contributed by atoms with Crippen molar-refractivity contribution in [3.8, 4) is 28.8 Å². The van der Waals surface area contributed by atoms with Gasteiger partial charge in [0.05, 0.1) is 17.2 Å². The van der Waals surface area contributed by atoms with Crippen LogP contribution in [0.2, 0.25) is 0 Å². The zero-order valence-corrected chi connectivity index (χ0v) is 20.4. The molecule has 0 spiro atoms. The zero-order chi connectivity index (χ0) is 24.8. The Morgan fingerprint density at radius 1 is 1.06 bits per heavy atom. The fourth-order valence-corrected chi connectivity index (χ4v) is 4.81. The lowest BCUT2D eigenvalue weighted by atomic mass is 10.0. The average Bonchev–Trinajstić information content (AvgIpc) is 3.31. The fourth-order valence-electron chi connectivity index (χ4n) is 3.64. The highest BCUT2D eigenvalue weighted by Crippen LogP contribution is 2.31. The standard InChI is InChI=1S/C28H25N3O3S/c1-3-16-34-27-15-14-22(17-21(27)2)28-23(20-31(30-28)24-10-6-4-7-11-24)18-26(19-29)35(32,33)25-12-8-5-9-13-25/h4-15,17-18,20H,3,16H2,1-2H3. The Kier molecular flexibility index (Phi) is 7.14. The lowest BCUT2D eigenvalue weighted by Crippen LogP contribution is -2.03. The molecule has 1 aromatic heterocycles. The van der Waals surface area contributed by atoms with E-state index in [2.05, 4.69) is 6.92 Å². The Morgan fingerprint density at radius 3 is 2.37 bits per heavy atom. The van der Waals surface area contributed by atoms with Crippen molar-refractivity contribution in [1.29, 1.82) is 5.26 Å². The van der Waals surface area contributed by atoms with E-state index in [1.54, 1.807) is 29.1 Å². The number of benzene rings is 3. The Labute approximate surface area is 205 Å².